The zero-order valence-corrected chi connectivity index (χ0v) is 12.6. The van der Waals surface area contributed by atoms with Crippen LogP contribution in [0.4, 0.5) is 0 Å². The number of hydrogen-bond acceptors (Lipinski definition) is 2. The van der Waals surface area contributed by atoms with Crippen LogP contribution in [0.1, 0.15) is 28.4 Å². The predicted molar refractivity (Wildman–Crippen MR) is 83.2 cm³/mol. The average molecular weight is 322 g/mol. The molecule has 0 aromatic heterocycles. The van der Waals surface area contributed by atoms with Gasteiger partial charge < -0.3 is 10.1 Å². The van der Waals surface area contributed by atoms with Gasteiger partial charge in [-0.15, -0.1) is 0 Å². The Bertz CT molecular complexity index is 688. The first-order valence-corrected chi connectivity index (χ1v) is 7.38. The number of hydrogen-bond donors (Lipinski definition) is 1. The van der Waals surface area contributed by atoms with Gasteiger partial charge in [0.05, 0.1) is 23.2 Å². The van der Waals surface area contributed by atoms with Gasteiger partial charge in [0.25, 0.3) is 5.91 Å². The second-order valence-corrected chi connectivity index (χ2v) is 5.67. The summed E-state index contributed by atoms with van der Waals surface area (Å²) in [7, 11) is 0. The number of ether oxygens (including phenoxy) is 1. The Morgan fingerprint density at radius 1 is 1.19 bits per heavy atom. The van der Waals surface area contributed by atoms with E-state index < -0.39 is 0 Å². The molecular formula is C16H13Cl2NO2. The number of benzene rings is 2. The van der Waals surface area contributed by atoms with Crippen molar-refractivity contribution in [1.29, 1.82) is 0 Å². The molecule has 1 aliphatic rings. The second kappa shape index (κ2) is 5.96. The van der Waals surface area contributed by atoms with Crippen LogP contribution in [-0.4, -0.2) is 12.5 Å². The minimum absolute atomic E-state index is 0.0856. The molecule has 5 heteroatoms. The molecule has 0 saturated carbocycles. The highest BCUT2D eigenvalue weighted by Crippen LogP contribution is 2.32. The minimum Gasteiger partial charge on any atom is -0.493 e. The average Bonchev–Trinajstić information content (AvgIpc) is 2.50. The Labute approximate surface area is 132 Å². The maximum atomic E-state index is 12.4. The van der Waals surface area contributed by atoms with E-state index in [1.165, 1.54) is 0 Å². The van der Waals surface area contributed by atoms with E-state index in [4.69, 9.17) is 27.9 Å². The van der Waals surface area contributed by atoms with Crippen LogP contribution in [0.3, 0.4) is 0 Å². The highest BCUT2D eigenvalue weighted by atomic mass is 35.5. The Morgan fingerprint density at radius 2 is 2.00 bits per heavy atom. The molecule has 21 heavy (non-hydrogen) atoms. The van der Waals surface area contributed by atoms with Gasteiger partial charge in [0.1, 0.15) is 5.75 Å². The van der Waals surface area contributed by atoms with E-state index in [9.17, 15) is 4.79 Å². The molecule has 0 saturated heterocycles. The zero-order chi connectivity index (χ0) is 14.8. The number of nitrogens with one attached hydrogen (secondary N) is 1. The number of amides is 1. The lowest BCUT2D eigenvalue weighted by molar-refractivity contribution is 0.0925. The SMILES string of the molecule is O=C(N[C@@H]1CCOc2ccccc21)c1cc(Cl)ccc1Cl. The van der Waals surface area contributed by atoms with Crippen LogP contribution in [0.5, 0.6) is 5.75 Å². The highest BCUT2D eigenvalue weighted by Gasteiger charge is 2.23. The third kappa shape index (κ3) is 2.99. The van der Waals surface area contributed by atoms with Crippen molar-refractivity contribution in [3.8, 4) is 5.75 Å². The van der Waals surface area contributed by atoms with Gasteiger partial charge in [-0.2, -0.15) is 0 Å². The predicted octanol–water partition coefficient (Wildman–Crippen LogP) is 4.25. The molecule has 1 amide bonds. The van der Waals surface area contributed by atoms with E-state index in [-0.39, 0.29) is 11.9 Å². The summed E-state index contributed by atoms with van der Waals surface area (Å²) in [4.78, 5) is 12.4. The van der Waals surface area contributed by atoms with Crippen LogP contribution in [0.15, 0.2) is 42.5 Å². The van der Waals surface area contributed by atoms with E-state index in [1.807, 2.05) is 24.3 Å². The molecule has 2 aromatic carbocycles. The zero-order valence-electron chi connectivity index (χ0n) is 11.1. The van der Waals surface area contributed by atoms with Gasteiger partial charge in [-0.1, -0.05) is 41.4 Å². The van der Waals surface area contributed by atoms with Crippen LogP contribution in [-0.2, 0) is 0 Å². The van der Waals surface area contributed by atoms with Gasteiger partial charge in [0.15, 0.2) is 0 Å². The minimum atomic E-state index is -0.232. The Hall–Kier alpha value is -1.71. The van der Waals surface area contributed by atoms with E-state index >= 15 is 0 Å². The molecule has 0 fully saturated rings. The van der Waals surface area contributed by atoms with Crippen molar-refractivity contribution in [3.05, 3.63) is 63.6 Å². The fraction of sp³-hybridized carbons (Fsp3) is 0.188. The summed E-state index contributed by atoms with van der Waals surface area (Å²) in [6.07, 6.45) is 0.723. The molecule has 1 N–H and O–H groups in total. The highest BCUT2D eigenvalue weighted by molar-refractivity contribution is 6.35. The summed E-state index contributed by atoms with van der Waals surface area (Å²) in [5, 5.41) is 3.87. The smallest absolute Gasteiger partial charge is 0.253 e. The number of fused-ring (bicyclic) bond motifs is 1. The number of rotatable bonds is 2. The molecule has 3 rings (SSSR count). The second-order valence-electron chi connectivity index (χ2n) is 4.83. The largest absolute Gasteiger partial charge is 0.493 e. The molecule has 1 heterocycles. The fourth-order valence-electron chi connectivity index (χ4n) is 2.40. The summed E-state index contributed by atoms with van der Waals surface area (Å²) < 4.78 is 5.59. The van der Waals surface area contributed by atoms with Gasteiger partial charge in [-0.25, -0.2) is 0 Å². The van der Waals surface area contributed by atoms with E-state index in [2.05, 4.69) is 5.32 Å². The molecule has 0 spiro atoms. The van der Waals surface area contributed by atoms with Crippen LogP contribution in [0, 0.1) is 0 Å². The van der Waals surface area contributed by atoms with Crippen molar-refractivity contribution in [2.24, 2.45) is 0 Å². The summed E-state index contributed by atoms with van der Waals surface area (Å²) >= 11 is 12.0. The molecule has 0 radical (unpaired) electrons. The topological polar surface area (TPSA) is 38.3 Å². The lowest BCUT2D eigenvalue weighted by Crippen LogP contribution is -2.32. The van der Waals surface area contributed by atoms with E-state index in [0.717, 1.165) is 17.7 Å². The summed E-state index contributed by atoms with van der Waals surface area (Å²) in [5.41, 5.74) is 1.36. The quantitative estimate of drug-likeness (QED) is 0.898. The van der Waals surface area contributed by atoms with Crippen molar-refractivity contribution < 1.29 is 9.53 Å². The van der Waals surface area contributed by atoms with Gasteiger partial charge in [0.2, 0.25) is 0 Å². The number of para-hydroxylation sites is 1. The standard InChI is InChI=1S/C16H13Cl2NO2/c17-10-5-6-13(18)12(9-10)16(20)19-14-7-8-21-15-4-2-1-3-11(14)15/h1-6,9,14H,7-8H2,(H,19,20)/t14-/m1/s1. The number of carbonyl (C=O) groups is 1. The maximum Gasteiger partial charge on any atom is 0.253 e. The van der Waals surface area contributed by atoms with Gasteiger partial charge in [-0.05, 0) is 24.3 Å². The molecular weight excluding hydrogens is 309 g/mol. The third-order valence-electron chi connectivity index (χ3n) is 3.44. The molecule has 0 aliphatic carbocycles. The van der Waals surface area contributed by atoms with Crippen molar-refractivity contribution in [2.75, 3.05) is 6.61 Å². The molecule has 0 unspecified atom stereocenters. The van der Waals surface area contributed by atoms with Crippen molar-refractivity contribution >= 4 is 29.1 Å². The fourth-order valence-corrected chi connectivity index (χ4v) is 2.77. The maximum absolute atomic E-state index is 12.4. The molecule has 108 valence electrons. The first kappa shape index (κ1) is 14.2. The van der Waals surface area contributed by atoms with Gasteiger partial charge in [-0.3, -0.25) is 4.79 Å². The molecule has 0 bridgehead atoms. The van der Waals surface area contributed by atoms with Crippen molar-refractivity contribution in [1.82, 2.24) is 5.32 Å². The van der Waals surface area contributed by atoms with E-state index in [0.29, 0.717) is 22.2 Å². The normalized spacial score (nSPS) is 16.8. The first-order chi connectivity index (χ1) is 10.1. The summed E-state index contributed by atoms with van der Waals surface area (Å²) in [6.45, 7) is 0.575. The van der Waals surface area contributed by atoms with Gasteiger partial charge in [0, 0.05) is 17.0 Å². The molecule has 2 aromatic rings. The monoisotopic (exact) mass is 321 g/mol. The van der Waals surface area contributed by atoms with Crippen LogP contribution >= 0.6 is 23.2 Å². The van der Waals surface area contributed by atoms with Gasteiger partial charge >= 0.3 is 0 Å². The lowest BCUT2D eigenvalue weighted by atomic mass is 10.00. The Kier molecular flexibility index (Phi) is 4.04. The molecule has 1 aliphatic heterocycles. The summed E-state index contributed by atoms with van der Waals surface area (Å²) in [5.74, 6) is 0.579. The Morgan fingerprint density at radius 3 is 2.86 bits per heavy atom. The first-order valence-electron chi connectivity index (χ1n) is 6.63. The molecule has 3 nitrogen and oxygen atoms in total. The number of carbonyl (C=O) groups excluding carboxylic acids is 1. The van der Waals surface area contributed by atoms with Crippen molar-refractivity contribution in [3.63, 3.8) is 0 Å². The van der Waals surface area contributed by atoms with Crippen LogP contribution < -0.4 is 10.1 Å². The number of halogens is 2. The summed E-state index contributed by atoms with van der Waals surface area (Å²) in [6, 6.07) is 12.5. The van der Waals surface area contributed by atoms with Crippen LogP contribution in [0.2, 0.25) is 10.0 Å². The van der Waals surface area contributed by atoms with Crippen LogP contribution in [0.25, 0.3) is 0 Å². The van der Waals surface area contributed by atoms with E-state index in [1.54, 1.807) is 18.2 Å². The third-order valence-corrected chi connectivity index (χ3v) is 4.00. The lowest BCUT2D eigenvalue weighted by Gasteiger charge is -2.26. The van der Waals surface area contributed by atoms with Crippen molar-refractivity contribution in [2.45, 2.75) is 12.5 Å². The Balaban J connectivity index is 1.84. The molecule has 1 atom stereocenters.